The summed E-state index contributed by atoms with van der Waals surface area (Å²) in [6.45, 7) is 0. The van der Waals surface area contributed by atoms with Crippen LogP contribution in [0.2, 0.25) is 5.15 Å². The van der Waals surface area contributed by atoms with Gasteiger partial charge in [-0.25, -0.2) is 9.78 Å². The minimum absolute atomic E-state index is 0.0429. The molecule has 1 aromatic carbocycles. The third-order valence-corrected chi connectivity index (χ3v) is 2.95. The number of hydrogen-bond donors (Lipinski definition) is 1. The van der Waals surface area contributed by atoms with E-state index in [0.717, 1.165) is 0 Å². The average Bonchev–Trinajstić information content (AvgIpc) is 2.45. The minimum atomic E-state index is -1.09. The van der Waals surface area contributed by atoms with E-state index in [1.165, 1.54) is 12.1 Å². The largest absolute Gasteiger partial charge is 0.478 e. The zero-order chi connectivity index (χ0) is 14.7. The molecule has 2 aromatic rings. The number of carboxylic acid groups (broad SMARTS) is 1. The molecule has 0 radical (unpaired) electrons. The minimum Gasteiger partial charge on any atom is -0.478 e. The molecule has 0 unspecified atom stereocenters. The van der Waals surface area contributed by atoms with Crippen LogP contribution in [0, 0.1) is 11.3 Å². The van der Waals surface area contributed by atoms with Gasteiger partial charge in [-0.05, 0) is 24.3 Å². The van der Waals surface area contributed by atoms with E-state index in [0.29, 0.717) is 17.1 Å². The highest BCUT2D eigenvalue weighted by Crippen LogP contribution is 2.27. The summed E-state index contributed by atoms with van der Waals surface area (Å²) in [7, 11) is 1.69. The van der Waals surface area contributed by atoms with Crippen molar-refractivity contribution in [3.05, 3.63) is 52.7 Å². The monoisotopic (exact) mass is 287 g/mol. The van der Waals surface area contributed by atoms with Gasteiger partial charge < -0.3 is 10.0 Å². The molecule has 0 aliphatic carbocycles. The van der Waals surface area contributed by atoms with Gasteiger partial charge in [-0.1, -0.05) is 23.7 Å². The van der Waals surface area contributed by atoms with Gasteiger partial charge >= 0.3 is 5.97 Å². The van der Waals surface area contributed by atoms with Gasteiger partial charge in [0.1, 0.15) is 17.0 Å². The molecule has 1 heterocycles. The molecular formula is C14H10ClN3O2. The zero-order valence-electron chi connectivity index (χ0n) is 10.5. The number of rotatable bonds is 3. The first-order valence-electron chi connectivity index (χ1n) is 5.66. The third-order valence-electron chi connectivity index (χ3n) is 2.76. The molecule has 0 saturated heterocycles. The molecule has 20 heavy (non-hydrogen) atoms. The standard InChI is InChI=1S/C14H10ClN3O2/c1-18(11-5-3-2-4-9(11)8-16)13-7-10(14(19)20)6-12(15)17-13/h2-7H,1H3,(H,19,20). The Bertz CT molecular complexity index is 710. The summed E-state index contributed by atoms with van der Waals surface area (Å²) in [5.74, 6) is -0.727. The van der Waals surface area contributed by atoms with Crippen molar-refractivity contribution in [2.24, 2.45) is 0 Å². The fourth-order valence-electron chi connectivity index (χ4n) is 1.76. The fourth-order valence-corrected chi connectivity index (χ4v) is 1.97. The number of nitriles is 1. The smallest absolute Gasteiger partial charge is 0.335 e. The van der Waals surface area contributed by atoms with Crippen LogP contribution in [0.4, 0.5) is 11.5 Å². The van der Waals surface area contributed by atoms with Crippen molar-refractivity contribution in [3.8, 4) is 6.07 Å². The van der Waals surface area contributed by atoms with Crippen LogP contribution in [-0.2, 0) is 0 Å². The Kier molecular flexibility index (Phi) is 3.87. The first-order valence-corrected chi connectivity index (χ1v) is 6.04. The van der Waals surface area contributed by atoms with Gasteiger partial charge in [0, 0.05) is 7.05 Å². The number of benzene rings is 1. The van der Waals surface area contributed by atoms with Crippen molar-refractivity contribution in [1.29, 1.82) is 5.26 Å². The van der Waals surface area contributed by atoms with Gasteiger partial charge in [-0.15, -0.1) is 0 Å². The summed E-state index contributed by atoms with van der Waals surface area (Å²) >= 11 is 5.83. The van der Waals surface area contributed by atoms with Gasteiger partial charge in [0.05, 0.1) is 16.8 Å². The van der Waals surface area contributed by atoms with E-state index >= 15 is 0 Å². The number of aromatic nitrogens is 1. The lowest BCUT2D eigenvalue weighted by molar-refractivity contribution is 0.0697. The molecule has 0 aliphatic rings. The molecule has 1 N–H and O–H groups in total. The quantitative estimate of drug-likeness (QED) is 0.878. The molecule has 5 nitrogen and oxygen atoms in total. The Labute approximate surface area is 120 Å². The predicted octanol–water partition coefficient (Wildman–Crippen LogP) is 3.07. The third kappa shape index (κ3) is 2.71. The number of anilines is 2. The highest BCUT2D eigenvalue weighted by atomic mass is 35.5. The molecule has 0 aliphatic heterocycles. The highest BCUT2D eigenvalue weighted by molar-refractivity contribution is 6.29. The van der Waals surface area contributed by atoms with E-state index in [9.17, 15) is 4.79 Å². The molecule has 1 aromatic heterocycles. The lowest BCUT2D eigenvalue weighted by Crippen LogP contribution is -2.13. The maximum Gasteiger partial charge on any atom is 0.335 e. The Hall–Kier alpha value is -2.58. The molecule has 100 valence electrons. The van der Waals surface area contributed by atoms with Gasteiger partial charge in [0.15, 0.2) is 0 Å². The summed E-state index contributed by atoms with van der Waals surface area (Å²) in [6.07, 6.45) is 0. The lowest BCUT2D eigenvalue weighted by atomic mass is 10.1. The molecule has 0 spiro atoms. The van der Waals surface area contributed by atoms with Crippen LogP contribution < -0.4 is 4.90 Å². The molecule has 2 rings (SSSR count). The number of hydrogen-bond acceptors (Lipinski definition) is 4. The van der Waals surface area contributed by atoms with E-state index in [1.54, 1.807) is 36.2 Å². The SMILES string of the molecule is CN(c1cc(C(=O)O)cc(Cl)n1)c1ccccc1C#N. The summed E-state index contributed by atoms with van der Waals surface area (Å²) in [4.78, 5) is 16.7. The summed E-state index contributed by atoms with van der Waals surface area (Å²) in [5.41, 5.74) is 1.14. The van der Waals surface area contributed by atoms with Crippen LogP contribution >= 0.6 is 11.6 Å². The Morgan fingerprint density at radius 1 is 1.40 bits per heavy atom. The molecular weight excluding hydrogens is 278 g/mol. The molecule has 0 bridgehead atoms. The van der Waals surface area contributed by atoms with E-state index in [1.807, 2.05) is 0 Å². The van der Waals surface area contributed by atoms with Gasteiger partial charge in [0.2, 0.25) is 0 Å². The van der Waals surface area contributed by atoms with Crippen LogP contribution in [0.5, 0.6) is 0 Å². The first kappa shape index (κ1) is 13.8. The van der Waals surface area contributed by atoms with Crippen molar-refractivity contribution in [2.75, 3.05) is 11.9 Å². The number of carbonyl (C=O) groups is 1. The normalized spacial score (nSPS) is 9.85. The second kappa shape index (κ2) is 5.59. The maximum atomic E-state index is 11.0. The van der Waals surface area contributed by atoms with Crippen molar-refractivity contribution in [3.63, 3.8) is 0 Å². The molecule has 6 heteroatoms. The second-order valence-corrected chi connectivity index (χ2v) is 4.42. The van der Waals surface area contributed by atoms with E-state index in [4.69, 9.17) is 22.0 Å². The number of halogens is 1. The van der Waals surface area contributed by atoms with Crippen LogP contribution in [0.15, 0.2) is 36.4 Å². The van der Waals surface area contributed by atoms with E-state index in [-0.39, 0.29) is 10.7 Å². The number of nitrogens with zero attached hydrogens (tertiary/aromatic N) is 3. The number of aromatic carboxylic acids is 1. The van der Waals surface area contributed by atoms with Crippen LogP contribution in [0.25, 0.3) is 0 Å². The molecule has 0 fully saturated rings. The second-order valence-electron chi connectivity index (χ2n) is 4.03. The first-order chi connectivity index (χ1) is 9.52. The molecule has 0 atom stereocenters. The maximum absolute atomic E-state index is 11.0. The zero-order valence-corrected chi connectivity index (χ0v) is 11.3. The highest BCUT2D eigenvalue weighted by Gasteiger charge is 2.14. The van der Waals surface area contributed by atoms with Crippen LogP contribution in [0.1, 0.15) is 15.9 Å². The summed E-state index contributed by atoms with van der Waals surface area (Å²) in [5, 5.41) is 18.2. The Balaban J connectivity index is 2.51. The fraction of sp³-hybridized carbons (Fsp3) is 0.0714. The number of para-hydroxylation sites is 1. The lowest BCUT2D eigenvalue weighted by Gasteiger charge is -2.20. The summed E-state index contributed by atoms with van der Waals surface area (Å²) in [6, 6.07) is 11.7. The van der Waals surface area contributed by atoms with Crippen molar-refractivity contribution < 1.29 is 9.90 Å². The number of pyridine rings is 1. The van der Waals surface area contributed by atoms with Crippen molar-refractivity contribution in [2.45, 2.75) is 0 Å². The van der Waals surface area contributed by atoms with Gasteiger partial charge in [-0.2, -0.15) is 5.26 Å². The summed E-state index contributed by atoms with van der Waals surface area (Å²) < 4.78 is 0. The Morgan fingerprint density at radius 2 is 2.10 bits per heavy atom. The van der Waals surface area contributed by atoms with Gasteiger partial charge in [-0.3, -0.25) is 0 Å². The Morgan fingerprint density at radius 3 is 2.75 bits per heavy atom. The van der Waals surface area contributed by atoms with Crippen LogP contribution in [-0.4, -0.2) is 23.1 Å². The van der Waals surface area contributed by atoms with Crippen molar-refractivity contribution >= 4 is 29.1 Å². The van der Waals surface area contributed by atoms with Crippen LogP contribution in [0.3, 0.4) is 0 Å². The molecule has 0 saturated carbocycles. The van der Waals surface area contributed by atoms with Crippen molar-refractivity contribution in [1.82, 2.24) is 4.98 Å². The van der Waals surface area contributed by atoms with Gasteiger partial charge in [0.25, 0.3) is 0 Å². The topological polar surface area (TPSA) is 77.2 Å². The van der Waals surface area contributed by atoms with E-state index in [2.05, 4.69) is 11.1 Å². The average molecular weight is 288 g/mol. The van der Waals surface area contributed by atoms with E-state index < -0.39 is 5.97 Å². The molecule has 0 amide bonds. The number of carboxylic acids is 1. The predicted molar refractivity (Wildman–Crippen MR) is 75.4 cm³/mol.